The summed E-state index contributed by atoms with van der Waals surface area (Å²) in [6, 6.07) is 0. The van der Waals surface area contributed by atoms with Gasteiger partial charge in [0.25, 0.3) is 0 Å². The van der Waals surface area contributed by atoms with E-state index in [4.69, 9.17) is 14.2 Å². The van der Waals surface area contributed by atoms with E-state index in [9.17, 15) is 14.4 Å². The Kier molecular flexibility index (Phi) is 55.5. The summed E-state index contributed by atoms with van der Waals surface area (Å²) in [5.41, 5.74) is 0. The van der Waals surface area contributed by atoms with E-state index in [1.807, 2.05) is 0 Å². The SMILES string of the molecule is CC/C=C\C/C=C\C/C=C\C/C=C\C/C=C\CCCCCC(=O)OCC(COC(=O)CCCCCCCCC/C=C\C/C=C\CCCCC)OC(=O)CCCCCCC\C=C/C=C\C=C/C=C\CCCCC. The number of unbranched alkanes of at least 4 members (excludes halogenated alkanes) is 21. The van der Waals surface area contributed by atoms with Crippen molar-refractivity contribution in [3.8, 4) is 0 Å². The summed E-state index contributed by atoms with van der Waals surface area (Å²) in [6.07, 6.45) is 82.8. The van der Waals surface area contributed by atoms with Crippen molar-refractivity contribution in [2.45, 2.75) is 252 Å². The van der Waals surface area contributed by atoms with E-state index >= 15 is 0 Å². The number of hydrogen-bond acceptors (Lipinski definition) is 6. The van der Waals surface area contributed by atoms with Gasteiger partial charge in [0.2, 0.25) is 0 Å². The summed E-state index contributed by atoms with van der Waals surface area (Å²) in [5.74, 6) is -0.974. The van der Waals surface area contributed by atoms with Gasteiger partial charge in [0, 0.05) is 19.3 Å². The topological polar surface area (TPSA) is 78.9 Å². The largest absolute Gasteiger partial charge is 0.462 e. The van der Waals surface area contributed by atoms with Crippen molar-refractivity contribution in [1.29, 1.82) is 0 Å². The van der Waals surface area contributed by atoms with Gasteiger partial charge in [-0.15, -0.1) is 0 Å². The van der Waals surface area contributed by atoms with E-state index in [0.29, 0.717) is 12.8 Å². The van der Waals surface area contributed by atoms with Crippen LogP contribution in [0.1, 0.15) is 245 Å². The molecule has 0 aliphatic rings. The molecule has 0 N–H and O–H groups in total. The molecule has 6 nitrogen and oxygen atoms in total. The average Bonchev–Trinajstić information content (AvgIpc) is 3.38. The molecule has 0 fully saturated rings. The highest BCUT2D eigenvalue weighted by Gasteiger charge is 2.19. The van der Waals surface area contributed by atoms with Crippen LogP contribution in [0.15, 0.2) is 134 Å². The predicted octanol–water partition coefficient (Wildman–Crippen LogP) is 19.8. The first-order chi connectivity index (χ1) is 35.5. The van der Waals surface area contributed by atoms with Crippen LogP contribution < -0.4 is 0 Å². The molecule has 0 saturated carbocycles. The van der Waals surface area contributed by atoms with Gasteiger partial charge in [-0.3, -0.25) is 14.4 Å². The molecule has 0 radical (unpaired) electrons. The number of rotatable bonds is 51. The fourth-order valence-electron chi connectivity index (χ4n) is 7.57. The van der Waals surface area contributed by atoms with Gasteiger partial charge in [-0.1, -0.05) is 238 Å². The zero-order chi connectivity index (χ0) is 52.2. The van der Waals surface area contributed by atoms with Crippen LogP contribution in [0.2, 0.25) is 0 Å². The summed E-state index contributed by atoms with van der Waals surface area (Å²) in [4.78, 5) is 38.2. The number of carbonyl (C=O) groups excluding carboxylic acids is 3. The van der Waals surface area contributed by atoms with E-state index in [0.717, 1.165) is 135 Å². The highest BCUT2D eigenvalue weighted by atomic mass is 16.6. The second-order valence-electron chi connectivity index (χ2n) is 18.9. The normalized spacial score (nSPS) is 13.1. The van der Waals surface area contributed by atoms with E-state index in [2.05, 4.69) is 154 Å². The molecule has 1 atom stereocenters. The Balaban J connectivity index is 4.54. The van der Waals surface area contributed by atoms with Crippen LogP contribution in [-0.2, 0) is 28.6 Å². The predicted molar refractivity (Wildman–Crippen MR) is 311 cm³/mol. The molecule has 0 aromatic rings. The number of carbonyl (C=O) groups is 3. The van der Waals surface area contributed by atoms with Gasteiger partial charge in [-0.25, -0.2) is 0 Å². The van der Waals surface area contributed by atoms with E-state index in [1.54, 1.807) is 0 Å². The quantitative estimate of drug-likeness (QED) is 0.0199. The minimum Gasteiger partial charge on any atom is -0.462 e. The van der Waals surface area contributed by atoms with Gasteiger partial charge in [0.15, 0.2) is 6.10 Å². The first-order valence-corrected chi connectivity index (χ1v) is 29.2. The maximum atomic E-state index is 12.9. The lowest BCUT2D eigenvalue weighted by Crippen LogP contribution is -2.30. The highest BCUT2D eigenvalue weighted by molar-refractivity contribution is 5.71. The third-order valence-corrected chi connectivity index (χ3v) is 12.0. The highest BCUT2D eigenvalue weighted by Crippen LogP contribution is 2.13. The molecule has 0 aromatic heterocycles. The maximum Gasteiger partial charge on any atom is 0.306 e. The summed E-state index contributed by atoms with van der Waals surface area (Å²) in [6.45, 7) is 6.40. The fourth-order valence-corrected chi connectivity index (χ4v) is 7.57. The van der Waals surface area contributed by atoms with Crippen molar-refractivity contribution in [2.75, 3.05) is 13.2 Å². The van der Waals surface area contributed by atoms with Crippen molar-refractivity contribution in [3.63, 3.8) is 0 Å². The van der Waals surface area contributed by atoms with E-state index in [-0.39, 0.29) is 37.5 Å². The van der Waals surface area contributed by atoms with Crippen LogP contribution in [0, 0.1) is 0 Å². The van der Waals surface area contributed by atoms with Crippen molar-refractivity contribution in [2.24, 2.45) is 0 Å². The molecule has 0 aromatic carbocycles. The standard InChI is InChI=1S/C66H106O6/c1-4-7-10-13-16-19-22-25-28-31-33-36-38-41-44-47-50-53-56-59-65(68)71-62-63(61-70-64(67)58-55-52-49-46-43-40-37-34-30-27-24-21-18-15-12-9-6-3)72-66(69)60-57-54-51-48-45-42-39-35-32-29-26-23-20-17-14-11-8-5-2/h7,10,16-21,23,25-30,32-33,35-36,39,41,44,63H,4-6,8-9,11-15,22,24,31,34,37-38,40,42-43,45-62H2,1-3H3/b10-7-,19-16-,20-17-,21-18-,26-23-,28-25-,30-27-,32-29-,36-33-,39-35-,44-41-. The molecule has 0 bridgehead atoms. The van der Waals surface area contributed by atoms with Gasteiger partial charge in [0.05, 0.1) is 0 Å². The van der Waals surface area contributed by atoms with E-state index < -0.39 is 6.10 Å². The van der Waals surface area contributed by atoms with Crippen LogP contribution in [0.25, 0.3) is 0 Å². The molecule has 0 saturated heterocycles. The minimum absolute atomic E-state index is 0.107. The second kappa shape index (κ2) is 59.1. The zero-order valence-corrected chi connectivity index (χ0v) is 46.4. The lowest BCUT2D eigenvalue weighted by Gasteiger charge is -2.18. The molecule has 406 valence electrons. The maximum absolute atomic E-state index is 12.9. The van der Waals surface area contributed by atoms with Crippen molar-refractivity contribution >= 4 is 17.9 Å². The van der Waals surface area contributed by atoms with E-state index in [1.165, 1.54) is 70.6 Å². The molecule has 1 unspecified atom stereocenters. The van der Waals surface area contributed by atoms with Gasteiger partial charge < -0.3 is 14.2 Å². The minimum atomic E-state index is -0.814. The molecule has 0 rings (SSSR count). The molecule has 0 aliphatic heterocycles. The molecule has 72 heavy (non-hydrogen) atoms. The van der Waals surface area contributed by atoms with Gasteiger partial charge in [-0.2, -0.15) is 0 Å². The molecular formula is C66H106O6. The van der Waals surface area contributed by atoms with Crippen LogP contribution >= 0.6 is 0 Å². The van der Waals surface area contributed by atoms with Crippen LogP contribution in [0.3, 0.4) is 0 Å². The Morgan fingerprint density at radius 2 is 0.597 bits per heavy atom. The number of ether oxygens (including phenoxy) is 3. The first kappa shape index (κ1) is 67.5. The van der Waals surface area contributed by atoms with Gasteiger partial charge in [0.1, 0.15) is 13.2 Å². The smallest absolute Gasteiger partial charge is 0.306 e. The lowest BCUT2D eigenvalue weighted by molar-refractivity contribution is -0.167. The second-order valence-corrected chi connectivity index (χ2v) is 18.9. The Bertz CT molecular complexity index is 1560. The average molecular weight is 996 g/mol. The monoisotopic (exact) mass is 995 g/mol. The van der Waals surface area contributed by atoms with Crippen molar-refractivity contribution < 1.29 is 28.6 Å². The van der Waals surface area contributed by atoms with Crippen molar-refractivity contribution in [1.82, 2.24) is 0 Å². The molecule has 0 heterocycles. The van der Waals surface area contributed by atoms with Crippen LogP contribution in [-0.4, -0.2) is 37.2 Å². The van der Waals surface area contributed by atoms with Crippen LogP contribution in [0.5, 0.6) is 0 Å². The first-order valence-electron chi connectivity index (χ1n) is 29.2. The van der Waals surface area contributed by atoms with Crippen molar-refractivity contribution in [3.05, 3.63) is 134 Å². The number of hydrogen-bond donors (Lipinski definition) is 0. The number of allylic oxidation sites excluding steroid dienone is 22. The molecule has 0 spiro atoms. The Labute approximate surface area is 443 Å². The van der Waals surface area contributed by atoms with Gasteiger partial charge >= 0.3 is 17.9 Å². The summed E-state index contributed by atoms with van der Waals surface area (Å²) < 4.78 is 16.8. The zero-order valence-electron chi connectivity index (χ0n) is 46.4. The molecule has 6 heteroatoms. The Hall–Kier alpha value is -4.45. The van der Waals surface area contributed by atoms with Gasteiger partial charge in [-0.05, 0) is 122 Å². The fraction of sp³-hybridized carbons (Fsp3) is 0.621. The lowest BCUT2D eigenvalue weighted by atomic mass is 10.1. The third-order valence-electron chi connectivity index (χ3n) is 12.0. The summed E-state index contributed by atoms with van der Waals surface area (Å²) in [7, 11) is 0. The summed E-state index contributed by atoms with van der Waals surface area (Å²) in [5, 5.41) is 0. The van der Waals surface area contributed by atoms with Crippen LogP contribution in [0.4, 0.5) is 0 Å². The third kappa shape index (κ3) is 56.5. The Morgan fingerprint density at radius 1 is 0.306 bits per heavy atom. The number of esters is 3. The summed E-state index contributed by atoms with van der Waals surface area (Å²) >= 11 is 0. The molecule has 0 amide bonds. The molecule has 0 aliphatic carbocycles. The molecular weight excluding hydrogens is 889 g/mol. The Morgan fingerprint density at radius 3 is 0.986 bits per heavy atom.